The predicted octanol–water partition coefficient (Wildman–Crippen LogP) is 1.68. The molecule has 0 spiro atoms. The number of halogens is 3. The summed E-state index contributed by atoms with van der Waals surface area (Å²) in [5, 5.41) is 0. The third-order valence-electron chi connectivity index (χ3n) is 3.72. The zero-order chi connectivity index (χ0) is 17.5. The minimum absolute atomic E-state index is 0.127. The molecule has 8 heteroatoms. The van der Waals surface area contributed by atoms with Gasteiger partial charge in [-0.1, -0.05) is 0 Å². The first-order valence-electron chi connectivity index (χ1n) is 7.10. The van der Waals surface area contributed by atoms with Gasteiger partial charge in [0.05, 0.1) is 0 Å². The van der Waals surface area contributed by atoms with E-state index >= 15 is 0 Å². The van der Waals surface area contributed by atoms with Gasteiger partial charge in [-0.05, 0) is 0 Å². The molecule has 0 unspecified atom stereocenters. The Balaban J connectivity index is 1.80. The minimum atomic E-state index is -4.33. The van der Waals surface area contributed by atoms with Gasteiger partial charge in [-0.15, -0.1) is 0 Å². The number of anilines is 1. The average Bonchev–Trinajstić information content (AvgIpc) is 2.90. The Labute approximate surface area is 144 Å². The monoisotopic (exact) mass is 421 g/mol. The van der Waals surface area contributed by atoms with Crippen LogP contribution in [0.1, 0.15) is 11.1 Å². The van der Waals surface area contributed by atoms with Crippen LogP contribution in [-0.2, 0) is 22.6 Å². The topological polar surface area (TPSA) is 37.4 Å². The van der Waals surface area contributed by atoms with Gasteiger partial charge in [-0.2, -0.15) is 0 Å². The number of rotatable bonds is 3. The SMILES string of the molecule is CS(=O)(=O)N1CCc2cc([Se]c3ccc(C(F)(F)F)cc3)ccc21. The van der Waals surface area contributed by atoms with Crippen LogP contribution in [0.3, 0.4) is 0 Å². The van der Waals surface area contributed by atoms with Crippen molar-refractivity contribution in [2.24, 2.45) is 0 Å². The Morgan fingerprint density at radius 3 is 2.25 bits per heavy atom. The number of nitrogens with zero attached hydrogens (tertiary/aromatic N) is 1. The summed E-state index contributed by atoms with van der Waals surface area (Å²) in [7, 11) is -3.27. The van der Waals surface area contributed by atoms with E-state index in [2.05, 4.69) is 0 Å². The third kappa shape index (κ3) is 3.60. The van der Waals surface area contributed by atoms with Crippen molar-refractivity contribution in [2.45, 2.75) is 12.6 Å². The third-order valence-corrected chi connectivity index (χ3v) is 6.99. The maximum atomic E-state index is 12.6. The van der Waals surface area contributed by atoms with Gasteiger partial charge in [0.2, 0.25) is 0 Å². The number of benzene rings is 2. The molecule has 1 heterocycles. The van der Waals surface area contributed by atoms with E-state index in [4.69, 9.17) is 0 Å². The standard InChI is InChI=1S/C16H14F3NO2SSe/c1-23(21,22)20-9-8-11-10-14(6-7-15(11)20)24-13-4-2-12(3-5-13)16(17,18)19/h2-7,10H,8-9H2,1H3. The molecule has 0 saturated carbocycles. The number of hydrogen-bond acceptors (Lipinski definition) is 2. The second-order valence-electron chi connectivity index (χ2n) is 5.50. The zero-order valence-electron chi connectivity index (χ0n) is 12.7. The summed E-state index contributed by atoms with van der Waals surface area (Å²) in [5.41, 5.74) is 1.01. The Hall–Kier alpha value is -1.50. The van der Waals surface area contributed by atoms with Crippen molar-refractivity contribution in [3.05, 3.63) is 53.6 Å². The van der Waals surface area contributed by atoms with Gasteiger partial charge < -0.3 is 0 Å². The van der Waals surface area contributed by atoms with Crippen molar-refractivity contribution >= 4 is 39.6 Å². The fraction of sp³-hybridized carbons (Fsp3) is 0.250. The Morgan fingerprint density at radius 2 is 1.67 bits per heavy atom. The molecule has 0 aliphatic carbocycles. The van der Waals surface area contributed by atoms with Gasteiger partial charge in [0.25, 0.3) is 0 Å². The molecule has 0 saturated heterocycles. The molecule has 0 fully saturated rings. The van der Waals surface area contributed by atoms with Gasteiger partial charge in [0, 0.05) is 0 Å². The molecule has 0 atom stereocenters. The van der Waals surface area contributed by atoms with Crippen LogP contribution >= 0.6 is 0 Å². The molecule has 0 N–H and O–H groups in total. The van der Waals surface area contributed by atoms with Crippen molar-refractivity contribution in [2.75, 3.05) is 17.1 Å². The second kappa shape index (κ2) is 6.10. The quantitative estimate of drug-likeness (QED) is 0.709. The van der Waals surface area contributed by atoms with Gasteiger partial charge in [0.15, 0.2) is 0 Å². The molecule has 128 valence electrons. The number of alkyl halides is 3. The van der Waals surface area contributed by atoms with E-state index < -0.39 is 21.8 Å². The van der Waals surface area contributed by atoms with Crippen LogP contribution in [0.2, 0.25) is 0 Å². The Kier molecular flexibility index (Phi) is 4.40. The molecule has 24 heavy (non-hydrogen) atoms. The molecule has 2 aromatic carbocycles. The fourth-order valence-corrected chi connectivity index (χ4v) is 5.41. The summed E-state index contributed by atoms with van der Waals surface area (Å²) in [5.74, 6) is 0. The molecular formula is C16H14F3NO2SSe. The summed E-state index contributed by atoms with van der Waals surface area (Å²) in [4.78, 5) is 0. The van der Waals surface area contributed by atoms with Crippen LogP contribution in [-0.4, -0.2) is 36.2 Å². The summed E-state index contributed by atoms with van der Waals surface area (Å²) in [6.45, 7) is 0.435. The van der Waals surface area contributed by atoms with Crippen LogP contribution in [0.25, 0.3) is 0 Å². The number of hydrogen-bond donors (Lipinski definition) is 0. The van der Waals surface area contributed by atoms with Gasteiger partial charge in [-0.25, -0.2) is 0 Å². The van der Waals surface area contributed by atoms with E-state index in [1.807, 2.05) is 12.1 Å². The van der Waals surface area contributed by atoms with E-state index in [0.717, 1.165) is 26.6 Å². The van der Waals surface area contributed by atoms with Crippen molar-refractivity contribution < 1.29 is 21.6 Å². The van der Waals surface area contributed by atoms with E-state index in [1.54, 1.807) is 6.07 Å². The van der Waals surface area contributed by atoms with E-state index in [9.17, 15) is 21.6 Å². The predicted molar refractivity (Wildman–Crippen MR) is 88.8 cm³/mol. The first-order valence-corrected chi connectivity index (χ1v) is 10.7. The summed E-state index contributed by atoms with van der Waals surface area (Å²) in [6, 6.07) is 10.8. The van der Waals surface area contributed by atoms with Gasteiger partial charge in [-0.3, -0.25) is 0 Å². The molecular weight excluding hydrogens is 406 g/mol. The van der Waals surface area contributed by atoms with Crippen LogP contribution < -0.4 is 13.2 Å². The Morgan fingerprint density at radius 1 is 1.04 bits per heavy atom. The summed E-state index contributed by atoms with van der Waals surface area (Å²) in [6.07, 6.45) is -2.49. The van der Waals surface area contributed by atoms with Crippen molar-refractivity contribution in [3.63, 3.8) is 0 Å². The second-order valence-corrected chi connectivity index (χ2v) is 9.81. The summed E-state index contributed by atoms with van der Waals surface area (Å²) < 4.78 is 64.4. The first kappa shape index (κ1) is 17.3. The maximum absolute atomic E-state index is 12.6. The van der Waals surface area contributed by atoms with Crippen LogP contribution in [0.15, 0.2) is 42.5 Å². The van der Waals surface area contributed by atoms with E-state index in [1.165, 1.54) is 22.7 Å². The van der Waals surface area contributed by atoms with Gasteiger partial charge >= 0.3 is 144 Å². The molecule has 3 rings (SSSR count). The van der Waals surface area contributed by atoms with E-state index in [0.29, 0.717) is 18.7 Å². The molecule has 3 nitrogen and oxygen atoms in total. The average molecular weight is 420 g/mol. The zero-order valence-corrected chi connectivity index (χ0v) is 15.2. The number of fused-ring (bicyclic) bond motifs is 1. The molecule has 0 aromatic heterocycles. The molecule has 0 radical (unpaired) electrons. The van der Waals surface area contributed by atoms with Crippen molar-refractivity contribution in [1.82, 2.24) is 0 Å². The van der Waals surface area contributed by atoms with Crippen molar-refractivity contribution in [3.8, 4) is 0 Å². The van der Waals surface area contributed by atoms with E-state index in [-0.39, 0.29) is 15.0 Å². The van der Waals surface area contributed by atoms with Crippen molar-refractivity contribution in [1.29, 1.82) is 0 Å². The molecule has 1 aliphatic heterocycles. The van der Waals surface area contributed by atoms with Gasteiger partial charge in [0.1, 0.15) is 0 Å². The summed E-state index contributed by atoms with van der Waals surface area (Å²) >= 11 is -0.127. The molecule has 0 bridgehead atoms. The fourth-order valence-electron chi connectivity index (χ4n) is 2.60. The Bertz CT molecular complexity index is 864. The van der Waals surface area contributed by atoms with Crippen LogP contribution in [0.5, 0.6) is 0 Å². The first-order chi connectivity index (χ1) is 11.1. The normalized spacial score (nSPS) is 14.8. The number of sulfonamides is 1. The van der Waals surface area contributed by atoms with Crippen LogP contribution in [0, 0.1) is 0 Å². The molecule has 1 aliphatic rings. The molecule has 2 aromatic rings. The van der Waals surface area contributed by atoms with Crippen LogP contribution in [0.4, 0.5) is 18.9 Å². The molecule has 0 amide bonds.